The number of carbonyl (C=O) groups excluding carboxylic acids is 2. The Balaban J connectivity index is 0.00000352. The van der Waals surface area contributed by atoms with Gasteiger partial charge in [0, 0.05) is 5.56 Å². The van der Waals surface area contributed by atoms with Crippen molar-refractivity contribution in [1.29, 1.82) is 0 Å². The van der Waals surface area contributed by atoms with E-state index in [9.17, 15) is 66.6 Å². The Morgan fingerprint density at radius 3 is 1.61 bits per heavy atom. The number of phenolic OH excluding ortho intramolecular Hbond substituents is 1. The molecule has 314 valence electrons. The molecule has 4 aromatic carbocycles. The number of allylic oxidation sites excluding steroid dienone is 2. The molecule has 0 spiro atoms. The number of rotatable bonds is 11. The first kappa shape index (κ1) is 57.6. The van der Waals surface area contributed by atoms with E-state index in [1.54, 1.807) is 6.07 Å². The molecule has 0 heterocycles. The Morgan fingerprint density at radius 2 is 1.14 bits per heavy atom. The number of hydrazone groups is 2. The number of fused-ring (bicyclic) bond motifs is 2. The minimum atomic E-state index is -5.46. The van der Waals surface area contributed by atoms with E-state index in [0.717, 1.165) is 12.2 Å². The number of nitrogens with two attached hydrogens (primary N) is 1. The maximum absolute atomic E-state index is 13.4. The molecular weight excluding hydrogens is 971 g/mol. The summed E-state index contributed by atoms with van der Waals surface area (Å²) in [6, 6.07) is 10.3. The molecule has 0 aliphatic heterocycles. The second-order valence-electron chi connectivity index (χ2n) is 12.3. The van der Waals surface area contributed by atoms with Gasteiger partial charge in [0.2, 0.25) is 11.6 Å². The van der Waals surface area contributed by atoms with E-state index >= 15 is 0 Å². The van der Waals surface area contributed by atoms with Gasteiger partial charge in [-0.2, -0.15) is 10.2 Å². The molecule has 64 heavy (non-hydrogen) atoms. The van der Waals surface area contributed by atoms with Crippen LogP contribution in [0.4, 0.5) is 17.1 Å². The van der Waals surface area contributed by atoms with E-state index in [0.29, 0.717) is 29.3 Å². The van der Waals surface area contributed by atoms with Crippen LogP contribution in [0.2, 0.25) is 0 Å². The number of benzene rings is 4. The number of Topliss-reactive ketones (excluding diaryl/α,β-unsaturated/α-hetero) is 2. The number of nitrogens with one attached hydrogen (secondary N) is 2. The normalized spacial score (nSPS) is 14.7. The third-order valence-corrected chi connectivity index (χ3v) is 12.1. The van der Waals surface area contributed by atoms with Crippen molar-refractivity contribution in [1.82, 2.24) is 0 Å². The summed E-state index contributed by atoms with van der Waals surface area (Å²) in [7, 11) is -18.9. The van der Waals surface area contributed by atoms with E-state index in [4.69, 9.17) is 15.2 Å². The summed E-state index contributed by atoms with van der Waals surface area (Å²) in [5.74, 6) is -3.23. The summed E-state index contributed by atoms with van der Waals surface area (Å²) in [4.78, 5) is 22.1. The minimum Gasteiger partial charge on any atom is -0.744 e. The monoisotopic (exact) mass is 993 g/mol. The van der Waals surface area contributed by atoms with Crippen LogP contribution in [0.5, 0.6) is 17.2 Å². The van der Waals surface area contributed by atoms with Crippen molar-refractivity contribution in [3.05, 3.63) is 87.8 Å². The number of nitrogens with zero attached hydrogens (tertiary/aromatic N) is 2. The van der Waals surface area contributed by atoms with Crippen LogP contribution < -0.4 is 144 Å². The van der Waals surface area contributed by atoms with Crippen molar-refractivity contribution in [2.75, 3.05) is 30.8 Å². The predicted octanol–water partition coefficient (Wildman–Crippen LogP) is -10.4. The molecule has 0 unspecified atom stereocenters. The van der Waals surface area contributed by atoms with Gasteiger partial charge in [0.25, 0.3) is 0 Å². The number of nitrogen functional groups attached to an aromatic ring is 1. The molecule has 0 saturated carbocycles. The fraction of sp³-hybridized carbons (Fsp3) is 0.0588. The van der Waals surface area contributed by atoms with Gasteiger partial charge in [-0.1, -0.05) is 18.2 Å². The zero-order valence-electron chi connectivity index (χ0n) is 34.0. The average Bonchev–Trinajstić information content (AvgIpc) is 3.15. The molecular formula is C34H23N5Na4O17S4. The second-order valence-corrected chi connectivity index (χ2v) is 17.7. The Bertz CT molecular complexity index is 3200. The van der Waals surface area contributed by atoms with Gasteiger partial charge in [-0.05, 0) is 71.3 Å². The van der Waals surface area contributed by atoms with Gasteiger partial charge < -0.3 is 38.5 Å². The van der Waals surface area contributed by atoms with E-state index in [2.05, 4.69) is 21.1 Å². The molecule has 2 aliphatic carbocycles. The Morgan fingerprint density at radius 1 is 0.625 bits per heavy atom. The summed E-state index contributed by atoms with van der Waals surface area (Å²) < 4.78 is 153. The fourth-order valence-corrected chi connectivity index (χ4v) is 8.55. The number of hydrogen-bond donors (Lipinski definition) is 4. The van der Waals surface area contributed by atoms with Gasteiger partial charge in [-0.15, -0.1) is 0 Å². The zero-order valence-corrected chi connectivity index (χ0v) is 45.3. The molecule has 0 bridgehead atoms. The van der Waals surface area contributed by atoms with Crippen molar-refractivity contribution in [2.24, 2.45) is 10.2 Å². The second kappa shape index (κ2) is 21.6. The molecule has 0 radical (unpaired) electrons. The number of methoxy groups -OCH3 is 2. The largest absolute Gasteiger partial charge is 1.00 e. The third-order valence-electron chi connectivity index (χ3n) is 8.70. The number of ketones is 2. The minimum absolute atomic E-state index is 0. The van der Waals surface area contributed by atoms with E-state index in [1.807, 2.05) is 0 Å². The number of hydrogen-bond acceptors (Lipinski definition) is 22. The molecule has 0 aromatic heterocycles. The van der Waals surface area contributed by atoms with Crippen LogP contribution in [0.3, 0.4) is 0 Å². The smallest absolute Gasteiger partial charge is 0.744 e. The van der Waals surface area contributed by atoms with Crippen LogP contribution in [0, 0.1) is 0 Å². The maximum atomic E-state index is 13.4. The van der Waals surface area contributed by atoms with Crippen molar-refractivity contribution < 1.29 is 194 Å². The first-order valence-electron chi connectivity index (χ1n) is 16.1. The van der Waals surface area contributed by atoms with Crippen LogP contribution in [-0.4, -0.2) is 94.2 Å². The van der Waals surface area contributed by atoms with Gasteiger partial charge >= 0.3 is 118 Å². The van der Waals surface area contributed by atoms with Crippen LogP contribution >= 0.6 is 0 Å². The van der Waals surface area contributed by atoms with Crippen LogP contribution in [-0.2, 0) is 40.5 Å². The number of anilines is 3. The zero-order chi connectivity index (χ0) is 44.3. The third kappa shape index (κ3) is 11.9. The molecule has 22 nitrogen and oxygen atoms in total. The Labute approximate surface area is 453 Å². The molecule has 4 aromatic rings. The topological polar surface area (TPSA) is 376 Å². The quantitative estimate of drug-likeness (QED) is 0.0469. The van der Waals surface area contributed by atoms with Crippen molar-refractivity contribution >= 4 is 92.7 Å². The SMILES string of the molecule is COc1cc(-c2ccc(N/N=C3\C=Cc4c(S(=O)(=O)[O-])cc(S(=O)(=O)[O-])c(N)c4C3=O)c(OC)c2)ccc1N/N=C1/C(=O)c2c(O)cc(S(=O)(=O)[O-])cc2C=C1S(=O)(=O)[O-].[Na+].[Na+].[Na+].[Na+]. The fourth-order valence-electron chi connectivity index (χ4n) is 5.97. The van der Waals surface area contributed by atoms with Gasteiger partial charge in [-0.25, -0.2) is 33.7 Å². The number of aromatic hydroxyl groups is 1. The summed E-state index contributed by atoms with van der Waals surface area (Å²) in [6.45, 7) is 0. The first-order chi connectivity index (χ1) is 27.8. The van der Waals surface area contributed by atoms with E-state index in [-0.39, 0.29) is 147 Å². The van der Waals surface area contributed by atoms with Crippen LogP contribution in [0.1, 0.15) is 31.8 Å². The molecule has 0 atom stereocenters. The summed E-state index contributed by atoms with van der Waals surface area (Å²) in [5, 5.41) is 18.2. The molecule has 5 N–H and O–H groups in total. The summed E-state index contributed by atoms with van der Waals surface area (Å²) in [5.41, 5.74) is 7.18. The van der Waals surface area contributed by atoms with Crippen molar-refractivity contribution in [3.8, 4) is 28.4 Å². The van der Waals surface area contributed by atoms with E-state index in [1.165, 1.54) is 44.6 Å². The maximum Gasteiger partial charge on any atom is 1.00 e. The van der Waals surface area contributed by atoms with Crippen LogP contribution in [0.15, 0.2) is 90.5 Å². The molecule has 30 heteroatoms. The summed E-state index contributed by atoms with van der Waals surface area (Å²) >= 11 is 0. The first-order valence-corrected chi connectivity index (χ1v) is 21.7. The number of carbonyl (C=O) groups is 2. The van der Waals surface area contributed by atoms with Gasteiger partial charge in [0.1, 0.15) is 69.1 Å². The molecule has 2 aliphatic rings. The number of phenols is 1. The van der Waals surface area contributed by atoms with Crippen molar-refractivity contribution in [3.63, 3.8) is 0 Å². The van der Waals surface area contributed by atoms with Crippen LogP contribution in [0.25, 0.3) is 23.3 Å². The Hall–Kier alpha value is -2.52. The van der Waals surface area contributed by atoms with Crippen molar-refractivity contribution in [2.45, 2.75) is 14.7 Å². The summed E-state index contributed by atoms with van der Waals surface area (Å²) in [6.07, 6.45) is 2.60. The molecule has 0 saturated heterocycles. The molecule has 0 fully saturated rings. The predicted molar refractivity (Wildman–Crippen MR) is 205 cm³/mol. The Kier molecular flexibility index (Phi) is 19.5. The van der Waals surface area contributed by atoms with E-state index < -0.39 is 117 Å². The van der Waals surface area contributed by atoms with Gasteiger partial charge in [0.05, 0.1) is 62.0 Å². The number of ether oxygens (including phenoxy) is 2. The standard InChI is InChI=1S/C34H27N5O17S4.4Na/c1-55-24-10-15(3-6-20(24)36-38-22-8-5-19-26(58(46,47)48)14-27(59(49,50)51)31(35)30(19)33(22)41)16-4-7-21(25(11-16)56-2)37-39-32-28(60(52,53)54)12-17-9-18(57(43,44)45)13-23(40)29(17)34(32)42;;;;/h3-14,36-37,40H,35H2,1-2H3,(H,43,44,45)(H,46,47,48)(H,49,50,51)(H,52,53,54);;;;/q;4*+1/p-4/b38-22+,39-32+;;;;. The molecule has 6 rings (SSSR count). The average molecular weight is 994 g/mol. The van der Waals surface area contributed by atoms with Gasteiger partial charge in [0.15, 0.2) is 0 Å². The van der Waals surface area contributed by atoms with Gasteiger partial charge in [-0.3, -0.25) is 20.4 Å². The molecule has 0 amide bonds.